The summed E-state index contributed by atoms with van der Waals surface area (Å²) in [5.41, 5.74) is 0. The molecule has 0 heterocycles. The van der Waals surface area contributed by atoms with Gasteiger partial charge in [-0.1, -0.05) is 33.6 Å². The number of hydrogen-bond donors (Lipinski definition) is 1. The summed E-state index contributed by atoms with van der Waals surface area (Å²) in [6.45, 7) is 9.57. The van der Waals surface area contributed by atoms with Crippen LogP contribution in [0.25, 0.3) is 0 Å². The molecular formula is C11H24N2O. The summed E-state index contributed by atoms with van der Waals surface area (Å²) < 4.78 is 0. The van der Waals surface area contributed by atoms with Crippen molar-refractivity contribution in [3.8, 4) is 0 Å². The van der Waals surface area contributed by atoms with Crippen molar-refractivity contribution in [2.45, 2.75) is 40.0 Å². The average molecular weight is 200 g/mol. The normalized spacial score (nSPS) is 10.6. The maximum atomic E-state index is 11.4. The molecule has 0 aromatic carbocycles. The van der Waals surface area contributed by atoms with Crippen molar-refractivity contribution in [3.05, 3.63) is 0 Å². The van der Waals surface area contributed by atoms with Crippen LogP contribution in [0, 0.1) is 0 Å². The molecule has 0 bridgehead atoms. The first-order chi connectivity index (χ1) is 6.74. The zero-order chi connectivity index (χ0) is 10.8. The van der Waals surface area contributed by atoms with Crippen LogP contribution in [0.2, 0.25) is 0 Å². The lowest BCUT2D eigenvalue weighted by Crippen LogP contribution is -2.37. The summed E-state index contributed by atoms with van der Waals surface area (Å²) >= 11 is 0. The standard InChI is InChI=1S/C11H24N2O/c1-4-7-8-9-12-11(14)10-13(5-2)6-3/h4-10H2,1-3H3,(H,12,14). The minimum absolute atomic E-state index is 0.157. The quantitative estimate of drug-likeness (QED) is 0.604. The molecule has 0 unspecified atom stereocenters. The van der Waals surface area contributed by atoms with Gasteiger partial charge < -0.3 is 5.32 Å². The number of nitrogens with zero attached hydrogens (tertiary/aromatic N) is 1. The van der Waals surface area contributed by atoms with E-state index < -0.39 is 0 Å². The topological polar surface area (TPSA) is 32.3 Å². The fourth-order valence-corrected chi connectivity index (χ4v) is 1.31. The van der Waals surface area contributed by atoms with Crippen LogP contribution in [-0.4, -0.2) is 37.0 Å². The van der Waals surface area contributed by atoms with Crippen molar-refractivity contribution >= 4 is 5.91 Å². The number of likely N-dealkylation sites (N-methyl/N-ethyl adjacent to an activating group) is 1. The molecule has 1 N–H and O–H groups in total. The smallest absolute Gasteiger partial charge is 0.234 e. The first-order valence-electron chi connectivity index (χ1n) is 5.73. The van der Waals surface area contributed by atoms with E-state index in [1.165, 1.54) is 12.8 Å². The molecule has 3 nitrogen and oxygen atoms in total. The second-order valence-electron chi connectivity index (χ2n) is 3.52. The zero-order valence-corrected chi connectivity index (χ0v) is 9.81. The highest BCUT2D eigenvalue weighted by molar-refractivity contribution is 5.77. The molecule has 0 saturated carbocycles. The average Bonchev–Trinajstić information content (AvgIpc) is 2.21. The number of rotatable bonds is 8. The van der Waals surface area contributed by atoms with Gasteiger partial charge in [-0.15, -0.1) is 0 Å². The Morgan fingerprint density at radius 1 is 1.14 bits per heavy atom. The zero-order valence-electron chi connectivity index (χ0n) is 9.81. The summed E-state index contributed by atoms with van der Waals surface area (Å²) in [6.07, 6.45) is 3.50. The van der Waals surface area contributed by atoms with E-state index in [9.17, 15) is 4.79 Å². The van der Waals surface area contributed by atoms with Gasteiger partial charge in [-0.2, -0.15) is 0 Å². The molecule has 0 aliphatic carbocycles. The third-order valence-corrected chi connectivity index (χ3v) is 2.36. The van der Waals surface area contributed by atoms with E-state index >= 15 is 0 Å². The number of amides is 1. The number of carbonyl (C=O) groups is 1. The second-order valence-corrected chi connectivity index (χ2v) is 3.52. The van der Waals surface area contributed by atoms with Gasteiger partial charge in [0.25, 0.3) is 0 Å². The molecule has 0 fully saturated rings. The van der Waals surface area contributed by atoms with Gasteiger partial charge in [0.15, 0.2) is 0 Å². The Kier molecular flexibility index (Phi) is 8.64. The van der Waals surface area contributed by atoms with E-state index in [-0.39, 0.29) is 5.91 Å². The number of nitrogens with one attached hydrogen (secondary N) is 1. The van der Waals surface area contributed by atoms with Gasteiger partial charge in [0.1, 0.15) is 0 Å². The van der Waals surface area contributed by atoms with Gasteiger partial charge in [-0.3, -0.25) is 9.69 Å². The van der Waals surface area contributed by atoms with Crippen LogP contribution >= 0.6 is 0 Å². The van der Waals surface area contributed by atoms with Gasteiger partial charge in [0.05, 0.1) is 6.54 Å². The van der Waals surface area contributed by atoms with E-state index in [1.54, 1.807) is 0 Å². The fraction of sp³-hybridized carbons (Fsp3) is 0.909. The van der Waals surface area contributed by atoms with E-state index in [4.69, 9.17) is 0 Å². The van der Waals surface area contributed by atoms with Crippen molar-refractivity contribution in [3.63, 3.8) is 0 Å². The van der Waals surface area contributed by atoms with Crippen molar-refractivity contribution in [1.82, 2.24) is 10.2 Å². The van der Waals surface area contributed by atoms with Crippen LogP contribution in [0.4, 0.5) is 0 Å². The Balaban J connectivity index is 3.44. The minimum atomic E-state index is 0.157. The molecule has 84 valence electrons. The molecule has 0 aliphatic rings. The Bertz CT molecular complexity index is 144. The third-order valence-electron chi connectivity index (χ3n) is 2.36. The Labute approximate surface area is 87.9 Å². The maximum absolute atomic E-state index is 11.4. The SMILES string of the molecule is CCCCCNC(=O)CN(CC)CC. The van der Waals surface area contributed by atoms with Gasteiger partial charge in [0, 0.05) is 6.54 Å². The van der Waals surface area contributed by atoms with Crippen LogP contribution in [0.5, 0.6) is 0 Å². The molecule has 0 saturated heterocycles. The predicted molar refractivity (Wildman–Crippen MR) is 60.3 cm³/mol. The number of unbranched alkanes of at least 4 members (excludes halogenated alkanes) is 2. The van der Waals surface area contributed by atoms with E-state index in [2.05, 4.69) is 31.0 Å². The molecule has 0 radical (unpaired) electrons. The molecule has 0 aliphatic heterocycles. The molecule has 3 heteroatoms. The van der Waals surface area contributed by atoms with Crippen LogP contribution in [-0.2, 0) is 4.79 Å². The first kappa shape index (κ1) is 13.4. The predicted octanol–water partition coefficient (Wildman–Crippen LogP) is 1.63. The third kappa shape index (κ3) is 6.89. The van der Waals surface area contributed by atoms with E-state index in [1.807, 2.05) is 0 Å². The van der Waals surface area contributed by atoms with Gasteiger partial charge in [0.2, 0.25) is 5.91 Å². The van der Waals surface area contributed by atoms with Gasteiger partial charge in [-0.05, 0) is 19.5 Å². The maximum Gasteiger partial charge on any atom is 0.234 e. The second kappa shape index (κ2) is 9.00. The lowest BCUT2D eigenvalue weighted by Gasteiger charge is -2.17. The van der Waals surface area contributed by atoms with Crippen LogP contribution < -0.4 is 5.32 Å². The Morgan fingerprint density at radius 2 is 1.79 bits per heavy atom. The largest absolute Gasteiger partial charge is 0.355 e. The molecule has 0 aromatic rings. The van der Waals surface area contributed by atoms with Gasteiger partial charge >= 0.3 is 0 Å². The van der Waals surface area contributed by atoms with Crippen LogP contribution in [0.3, 0.4) is 0 Å². The van der Waals surface area contributed by atoms with Gasteiger partial charge in [-0.25, -0.2) is 0 Å². The van der Waals surface area contributed by atoms with Crippen molar-refractivity contribution in [2.75, 3.05) is 26.2 Å². The molecule has 0 atom stereocenters. The summed E-state index contributed by atoms with van der Waals surface area (Å²) in [4.78, 5) is 13.5. The molecular weight excluding hydrogens is 176 g/mol. The summed E-state index contributed by atoms with van der Waals surface area (Å²) in [5, 5.41) is 2.94. The highest BCUT2D eigenvalue weighted by Gasteiger charge is 2.05. The number of carbonyl (C=O) groups excluding carboxylic acids is 1. The summed E-state index contributed by atoms with van der Waals surface area (Å²) in [5.74, 6) is 0.157. The molecule has 0 rings (SSSR count). The molecule has 1 amide bonds. The number of hydrogen-bond acceptors (Lipinski definition) is 2. The van der Waals surface area contributed by atoms with E-state index in [0.29, 0.717) is 6.54 Å². The first-order valence-corrected chi connectivity index (χ1v) is 5.73. The monoisotopic (exact) mass is 200 g/mol. The molecule has 0 spiro atoms. The molecule has 0 aromatic heterocycles. The lowest BCUT2D eigenvalue weighted by atomic mass is 10.2. The highest BCUT2D eigenvalue weighted by Crippen LogP contribution is 1.91. The van der Waals surface area contributed by atoms with Crippen LogP contribution in [0.1, 0.15) is 40.0 Å². The molecule has 14 heavy (non-hydrogen) atoms. The Morgan fingerprint density at radius 3 is 2.29 bits per heavy atom. The lowest BCUT2D eigenvalue weighted by molar-refractivity contribution is -0.122. The Hall–Kier alpha value is -0.570. The van der Waals surface area contributed by atoms with Crippen molar-refractivity contribution in [2.24, 2.45) is 0 Å². The summed E-state index contributed by atoms with van der Waals surface area (Å²) in [6, 6.07) is 0. The highest BCUT2D eigenvalue weighted by atomic mass is 16.2. The van der Waals surface area contributed by atoms with Crippen molar-refractivity contribution in [1.29, 1.82) is 0 Å². The van der Waals surface area contributed by atoms with E-state index in [0.717, 1.165) is 26.1 Å². The minimum Gasteiger partial charge on any atom is -0.355 e. The van der Waals surface area contributed by atoms with Crippen molar-refractivity contribution < 1.29 is 4.79 Å². The summed E-state index contributed by atoms with van der Waals surface area (Å²) in [7, 11) is 0. The fourth-order valence-electron chi connectivity index (χ4n) is 1.31. The van der Waals surface area contributed by atoms with Crippen LogP contribution in [0.15, 0.2) is 0 Å².